The van der Waals surface area contributed by atoms with Gasteiger partial charge in [-0.05, 0) is 30.6 Å². The van der Waals surface area contributed by atoms with Crippen LogP contribution in [0.3, 0.4) is 0 Å². The van der Waals surface area contributed by atoms with Crippen LogP contribution in [0.2, 0.25) is 0 Å². The molecule has 2 rings (SSSR count). The largest absolute Gasteiger partial charge is 0.364 e. The molecular weight excluding hydrogens is 228 g/mol. The van der Waals surface area contributed by atoms with Gasteiger partial charge in [0.1, 0.15) is 0 Å². The predicted octanol–water partition coefficient (Wildman–Crippen LogP) is 3.67. The molecule has 1 aliphatic heterocycles. The fraction of sp³-hybridized carbons (Fsp3) is 0.929. The van der Waals surface area contributed by atoms with Crippen LogP contribution in [0.15, 0.2) is 4.99 Å². The molecule has 2 aliphatic rings. The summed E-state index contributed by atoms with van der Waals surface area (Å²) >= 11 is 1.96. The van der Waals surface area contributed by atoms with Crippen molar-refractivity contribution in [1.29, 1.82) is 0 Å². The van der Waals surface area contributed by atoms with E-state index in [1.807, 2.05) is 11.8 Å². The molecular formula is C14H26N2S. The van der Waals surface area contributed by atoms with Crippen LogP contribution in [0.4, 0.5) is 0 Å². The molecule has 0 spiro atoms. The maximum absolute atomic E-state index is 4.63. The van der Waals surface area contributed by atoms with Gasteiger partial charge in [0.15, 0.2) is 5.17 Å². The Bertz CT molecular complexity index is 280. The molecule has 0 radical (unpaired) electrons. The van der Waals surface area contributed by atoms with Crippen molar-refractivity contribution in [2.45, 2.75) is 58.1 Å². The van der Waals surface area contributed by atoms with Crippen LogP contribution < -0.4 is 5.32 Å². The number of hydrogen-bond donors (Lipinski definition) is 1. The van der Waals surface area contributed by atoms with Crippen molar-refractivity contribution in [2.75, 3.05) is 13.1 Å². The lowest BCUT2D eigenvalue weighted by atomic mass is 9.89. The number of thioether (sulfide) groups is 1. The van der Waals surface area contributed by atoms with Gasteiger partial charge < -0.3 is 5.32 Å². The van der Waals surface area contributed by atoms with Crippen molar-refractivity contribution in [3.8, 4) is 0 Å². The van der Waals surface area contributed by atoms with Crippen LogP contribution in [-0.4, -0.2) is 23.5 Å². The minimum Gasteiger partial charge on any atom is -0.364 e. The summed E-state index contributed by atoms with van der Waals surface area (Å²) < 4.78 is 0. The van der Waals surface area contributed by atoms with Crippen molar-refractivity contribution < 1.29 is 0 Å². The van der Waals surface area contributed by atoms with E-state index in [1.165, 1.54) is 37.3 Å². The second-order valence-corrected chi connectivity index (χ2v) is 7.68. The minimum atomic E-state index is 0.527. The maximum atomic E-state index is 4.63. The number of nitrogens with zero attached hydrogens (tertiary/aromatic N) is 1. The quantitative estimate of drug-likeness (QED) is 0.827. The van der Waals surface area contributed by atoms with Gasteiger partial charge in [-0.3, -0.25) is 4.99 Å². The highest BCUT2D eigenvalue weighted by Crippen LogP contribution is 2.37. The zero-order chi connectivity index (χ0) is 12.3. The van der Waals surface area contributed by atoms with Crippen LogP contribution >= 0.6 is 11.8 Å². The number of rotatable bonds is 4. The smallest absolute Gasteiger partial charge is 0.156 e. The summed E-state index contributed by atoms with van der Waals surface area (Å²) in [7, 11) is 0. The summed E-state index contributed by atoms with van der Waals surface area (Å²) in [6.45, 7) is 9.14. The molecule has 0 aromatic carbocycles. The molecule has 2 nitrogen and oxygen atoms in total. The molecule has 0 aromatic heterocycles. The van der Waals surface area contributed by atoms with E-state index in [9.17, 15) is 0 Å². The third-order valence-corrected chi connectivity index (χ3v) is 5.10. The number of amidine groups is 1. The van der Waals surface area contributed by atoms with Gasteiger partial charge in [-0.1, -0.05) is 45.4 Å². The average Bonchev–Trinajstić information content (AvgIpc) is 2.85. The number of nitrogens with one attached hydrogen (secondary N) is 1. The van der Waals surface area contributed by atoms with Gasteiger partial charge in [-0.2, -0.15) is 0 Å². The Morgan fingerprint density at radius 2 is 2.12 bits per heavy atom. The first kappa shape index (κ1) is 13.3. The highest BCUT2D eigenvalue weighted by molar-refractivity contribution is 8.14. The normalized spacial score (nSPS) is 27.5. The van der Waals surface area contributed by atoms with Crippen LogP contribution in [0, 0.1) is 11.3 Å². The highest BCUT2D eigenvalue weighted by atomic mass is 32.2. The van der Waals surface area contributed by atoms with E-state index in [1.54, 1.807) is 0 Å². The second-order valence-electron chi connectivity index (χ2n) is 6.39. The summed E-state index contributed by atoms with van der Waals surface area (Å²) in [5.41, 5.74) is 0.527. The molecule has 1 heterocycles. The molecule has 0 bridgehead atoms. The average molecular weight is 254 g/mol. The van der Waals surface area contributed by atoms with E-state index >= 15 is 0 Å². The topological polar surface area (TPSA) is 24.4 Å². The van der Waals surface area contributed by atoms with E-state index in [2.05, 4.69) is 31.1 Å². The molecule has 1 N–H and O–H groups in total. The molecule has 0 aromatic rings. The monoisotopic (exact) mass is 254 g/mol. The summed E-state index contributed by atoms with van der Waals surface area (Å²) in [6.07, 6.45) is 6.87. The third kappa shape index (κ3) is 3.90. The van der Waals surface area contributed by atoms with Crippen LogP contribution in [0.25, 0.3) is 0 Å². The van der Waals surface area contributed by atoms with E-state index in [0.29, 0.717) is 10.7 Å². The molecule has 1 saturated carbocycles. The molecule has 17 heavy (non-hydrogen) atoms. The molecule has 0 amide bonds. The summed E-state index contributed by atoms with van der Waals surface area (Å²) in [4.78, 5) is 4.63. The van der Waals surface area contributed by atoms with Crippen LogP contribution in [0.1, 0.15) is 52.9 Å². The summed E-state index contributed by atoms with van der Waals surface area (Å²) in [5, 5.41) is 5.49. The molecule has 3 heteroatoms. The maximum Gasteiger partial charge on any atom is 0.156 e. The Morgan fingerprint density at radius 1 is 1.41 bits per heavy atom. The Hall–Kier alpha value is -0.180. The van der Waals surface area contributed by atoms with Gasteiger partial charge in [0, 0.05) is 11.8 Å². The first-order valence-electron chi connectivity index (χ1n) is 7.02. The lowest BCUT2D eigenvalue weighted by molar-refractivity contribution is 0.336. The van der Waals surface area contributed by atoms with E-state index < -0.39 is 0 Å². The fourth-order valence-electron chi connectivity index (χ4n) is 2.86. The van der Waals surface area contributed by atoms with Crippen molar-refractivity contribution in [3.05, 3.63) is 0 Å². The molecule has 98 valence electrons. The van der Waals surface area contributed by atoms with Gasteiger partial charge in [0.2, 0.25) is 0 Å². The summed E-state index contributed by atoms with van der Waals surface area (Å²) in [5.74, 6) is 0.786. The van der Waals surface area contributed by atoms with Gasteiger partial charge in [0.25, 0.3) is 0 Å². The zero-order valence-electron chi connectivity index (χ0n) is 11.5. The lowest BCUT2D eigenvalue weighted by Crippen LogP contribution is -2.32. The molecule has 1 aliphatic carbocycles. The second kappa shape index (κ2) is 5.64. The van der Waals surface area contributed by atoms with Gasteiger partial charge in [-0.15, -0.1) is 0 Å². The van der Waals surface area contributed by atoms with E-state index in [-0.39, 0.29) is 0 Å². The predicted molar refractivity (Wildman–Crippen MR) is 77.7 cm³/mol. The van der Waals surface area contributed by atoms with Crippen molar-refractivity contribution in [2.24, 2.45) is 16.3 Å². The van der Waals surface area contributed by atoms with Gasteiger partial charge >= 0.3 is 0 Å². The fourth-order valence-corrected chi connectivity index (χ4v) is 4.11. The van der Waals surface area contributed by atoms with E-state index in [4.69, 9.17) is 0 Å². The Balaban J connectivity index is 1.71. The molecule has 1 atom stereocenters. The molecule has 1 unspecified atom stereocenters. The first-order valence-corrected chi connectivity index (χ1v) is 7.90. The van der Waals surface area contributed by atoms with Crippen molar-refractivity contribution in [1.82, 2.24) is 5.32 Å². The third-order valence-electron chi connectivity index (χ3n) is 3.93. The standard InChI is InChI=1S/C14H26N2S/c1-11(2)8-12-9-15-13(17-12)16-10-14(3)6-4-5-7-14/h11-12H,4-10H2,1-3H3,(H,15,16). The van der Waals surface area contributed by atoms with Crippen LogP contribution in [-0.2, 0) is 0 Å². The first-order chi connectivity index (χ1) is 8.07. The number of aliphatic imine (C=N–C) groups is 1. The number of hydrogen-bond acceptors (Lipinski definition) is 3. The van der Waals surface area contributed by atoms with Crippen LogP contribution in [0.5, 0.6) is 0 Å². The minimum absolute atomic E-state index is 0.527. The molecule has 0 saturated heterocycles. The van der Waals surface area contributed by atoms with Gasteiger partial charge in [-0.25, -0.2) is 0 Å². The lowest BCUT2D eigenvalue weighted by Gasteiger charge is -2.24. The van der Waals surface area contributed by atoms with Gasteiger partial charge in [0.05, 0.1) is 6.54 Å². The zero-order valence-corrected chi connectivity index (χ0v) is 12.3. The van der Waals surface area contributed by atoms with Crippen molar-refractivity contribution in [3.63, 3.8) is 0 Å². The Labute approximate surface area is 110 Å². The summed E-state index contributed by atoms with van der Waals surface area (Å²) in [6, 6.07) is 0. The highest BCUT2D eigenvalue weighted by Gasteiger charge is 2.29. The Kier molecular flexibility index (Phi) is 4.40. The van der Waals surface area contributed by atoms with E-state index in [0.717, 1.165) is 19.0 Å². The molecule has 1 fully saturated rings. The Morgan fingerprint density at radius 3 is 2.76 bits per heavy atom. The van der Waals surface area contributed by atoms with Crippen molar-refractivity contribution >= 4 is 16.9 Å². The SMILES string of the molecule is CC(C)CC1CN=C(NCC2(C)CCCC2)S1.